The Morgan fingerprint density at radius 1 is 1.33 bits per heavy atom. The molecule has 2 rings (SSSR count). The largest absolute Gasteiger partial charge is 0.434 e. The number of ether oxygens (including phenoxy) is 1. The van der Waals surface area contributed by atoms with Crippen molar-refractivity contribution >= 4 is 0 Å². The Labute approximate surface area is 125 Å². The Kier molecular flexibility index (Phi) is 5.53. The number of benzene rings is 1. The van der Waals surface area contributed by atoms with Gasteiger partial charge in [0, 0.05) is 17.6 Å². The molecule has 3 unspecified atom stereocenters. The number of rotatable bonds is 6. The maximum Gasteiger partial charge on any atom is 0.387 e. The zero-order valence-electron chi connectivity index (χ0n) is 12.6. The summed E-state index contributed by atoms with van der Waals surface area (Å²) in [5, 5.41) is 0. The minimum atomic E-state index is -2.80. The van der Waals surface area contributed by atoms with E-state index in [4.69, 9.17) is 5.73 Å². The molecule has 0 bridgehead atoms. The fourth-order valence-corrected chi connectivity index (χ4v) is 3.36. The van der Waals surface area contributed by atoms with Crippen LogP contribution in [0.1, 0.15) is 37.8 Å². The van der Waals surface area contributed by atoms with Crippen LogP contribution in [0.15, 0.2) is 24.3 Å². The summed E-state index contributed by atoms with van der Waals surface area (Å²) < 4.78 is 29.7. The van der Waals surface area contributed by atoms with Crippen molar-refractivity contribution in [1.82, 2.24) is 4.90 Å². The quantitative estimate of drug-likeness (QED) is 0.874. The van der Waals surface area contributed by atoms with E-state index >= 15 is 0 Å². The van der Waals surface area contributed by atoms with Gasteiger partial charge in [0.1, 0.15) is 5.75 Å². The first kappa shape index (κ1) is 16.2. The topological polar surface area (TPSA) is 38.5 Å². The second-order valence-electron chi connectivity index (χ2n) is 5.75. The molecule has 1 fully saturated rings. The van der Waals surface area contributed by atoms with Crippen LogP contribution >= 0.6 is 0 Å². The molecule has 118 valence electrons. The van der Waals surface area contributed by atoms with Crippen molar-refractivity contribution in [3.05, 3.63) is 29.8 Å². The van der Waals surface area contributed by atoms with Gasteiger partial charge >= 0.3 is 6.61 Å². The Morgan fingerprint density at radius 2 is 2.05 bits per heavy atom. The number of nitrogens with zero attached hydrogens (tertiary/aromatic N) is 1. The van der Waals surface area contributed by atoms with Crippen molar-refractivity contribution in [3.8, 4) is 5.75 Å². The molecular formula is C16H24F2N2O. The fourth-order valence-electron chi connectivity index (χ4n) is 3.36. The average Bonchev–Trinajstić information content (AvgIpc) is 2.94. The van der Waals surface area contributed by atoms with Gasteiger partial charge in [-0.25, -0.2) is 0 Å². The van der Waals surface area contributed by atoms with E-state index in [9.17, 15) is 8.78 Å². The summed E-state index contributed by atoms with van der Waals surface area (Å²) in [7, 11) is 2.04. The Balaban J connectivity index is 2.17. The zero-order chi connectivity index (χ0) is 15.4. The smallest absolute Gasteiger partial charge is 0.387 e. The van der Waals surface area contributed by atoms with Crippen LogP contribution in [-0.4, -0.2) is 31.1 Å². The molecule has 1 aliphatic rings. The van der Waals surface area contributed by atoms with E-state index in [1.807, 2.05) is 26.1 Å². The maximum absolute atomic E-state index is 12.5. The predicted octanol–water partition coefficient (Wildman–Crippen LogP) is 3.41. The molecule has 0 amide bonds. The van der Waals surface area contributed by atoms with E-state index in [1.165, 1.54) is 6.42 Å². The molecule has 0 heterocycles. The van der Waals surface area contributed by atoms with Crippen LogP contribution in [0.3, 0.4) is 0 Å². The van der Waals surface area contributed by atoms with E-state index in [2.05, 4.69) is 9.64 Å². The van der Waals surface area contributed by atoms with Crippen LogP contribution in [0.5, 0.6) is 5.75 Å². The molecule has 1 aromatic rings. The summed E-state index contributed by atoms with van der Waals surface area (Å²) in [5.74, 6) is 0.745. The normalized spacial score (nSPS) is 23.8. The third kappa shape index (κ3) is 3.71. The third-order valence-electron chi connectivity index (χ3n) is 4.64. The van der Waals surface area contributed by atoms with Gasteiger partial charge in [0.25, 0.3) is 0 Å². The first-order chi connectivity index (χ1) is 10.0. The lowest BCUT2D eigenvalue weighted by Crippen LogP contribution is -2.39. The molecule has 3 nitrogen and oxygen atoms in total. The van der Waals surface area contributed by atoms with Crippen LogP contribution in [0, 0.1) is 5.92 Å². The highest BCUT2D eigenvalue weighted by Crippen LogP contribution is 2.36. The summed E-state index contributed by atoms with van der Waals surface area (Å²) in [6.45, 7) is -0.0943. The number of hydrogen-bond donors (Lipinski definition) is 1. The van der Waals surface area contributed by atoms with Gasteiger partial charge in [-0.15, -0.1) is 0 Å². The number of hydrogen-bond acceptors (Lipinski definition) is 3. The summed E-state index contributed by atoms with van der Waals surface area (Å²) in [4.78, 5) is 2.25. The van der Waals surface area contributed by atoms with Gasteiger partial charge in [-0.1, -0.05) is 24.6 Å². The van der Waals surface area contributed by atoms with Crippen LogP contribution in [0.2, 0.25) is 0 Å². The van der Waals surface area contributed by atoms with Crippen molar-refractivity contribution in [2.45, 2.75) is 44.9 Å². The van der Waals surface area contributed by atoms with Crippen molar-refractivity contribution in [1.29, 1.82) is 0 Å². The van der Waals surface area contributed by atoms with Crippen molar-refractivity contribution in [2.24, 2.45) is 11.7 Å². The maximum atomic E-state index is 12.5. The monoisotopic (exact) mass is 298 g/mol. The fraction of sp³-hybridized carbons (Fsp3) is 0.625. The molecule has 21 heavy (non-hydrogen) atoms. The van der Waals surface area contributed by atoms with Gasteiger partial charge in [-0.05, 0) is 45.3 Å². The highest BCUT2D eigenvalue weighted by Gasteiger charge is 2.32. The van der Waals surface area contributed by atoms with Gasteiger partial charge in [0.2, 0.25) is 0 Å². The highest BCUT2D eigenvalue weighted by molar-refractivity contribution is 5.35. The van der Waals surface area contributed by atoms with Gasteiger partial charge in [0.05, 0.1) is 0 Å². The van der Waals surface area contributed by atoms with E-state index in [1.54, 1.807) is 12.1 Å². The van der Waals surface area contributed by atoms with Crippen molar-refractivity contribution in [3.63, 3.8) is 0 Å². The summed E-state index contributed by atoms with van der Waals surface area (Å²) >= 11 is 0. The lowest BCUT2D eigenvalue weighted by Gasteiger charge is -2.35. The number of nitrogens with two attached hydrogens (primary N) is 1. The van der Waals surface area contributed by atoms with E-state index in [-0.39, 0.29) is 11.8 Å². The molecule has 2 N–H and O–H groups in total. The minimum absolute atomic E-state index is 0.0112. The molecule has 5 heteroatoms. The molecule has 1 aromatic carbocycles. The second kappa shape index (κ2) is 7.18. The highest BCUT2D eigenvalue weighted by atomic mass is 19.3. The molecule has 0 saturated heterocycles. The average molecular weight is 298 g/mol. The van der Waals surface area contributed by atoms with Crippen LogP contribution in [0.25, 0.3) is 0 Å². The van der Waals surface area contributed by atoms with E-state index < -0.39 is 6.61 Å². The van der Waals surface area contributed by atoms with Gasteiger partial charge in [-0.2, -0.15) is 8.78 Å². The molecule has 0 aliphatic heterocycles. The molecular weight excluding hydrogens is 274 g/mol. The number of alkyl halides is 2. The first-order valence-electron chi connectivity index (χ1n) is 7.50. The Hall–Kier alpha value is -1.20. The lowest BCUT2D eigenvalue weighted by molar-refractivity contribution is -0.0512. The molecule has 0 radical (unpaired) electrons. The van der Waals surface area contributed by atoms with Crippen LogP contribution in [0.4, 0.5) is 8.78 Å². The molecule has 1 aliphatic carbocycles. The van der Waals surface area contributed by atoms with Crippen molar-refractivity contribution < 1.29 is 13.5 Å². The zero-order valence-corrected chi connectivity index (χ0v) is 12.6. The Morgan fingerprint density at radius 3 is 2.71 bits per heavy atom. The van der Waals surface area contributed by atoms with Crippen LogP contribution in [-0.2, 0) is 0 Å². The van der Waals surface area contributed by atoms with E-state index in [0.29, 0.717) is 18.5 Å². The third-order valence-corrected chi connectivity index (χ3v) is 4.64. The van der Waals surface area contributed by atoms with E-state index in [0.717, 1.165) is 18.4 Å². The summed E-state index contributed by atoms with van der Waals surface area (Å²) in [6.07, 6.45) is 3.44. The van der Waals surface area contributed by atoms with Gasteiger partial charge < -0.3 is 10.5 Å². The first-order valence-corrected chi connectivity index (χ1v) is 7.50. The minimum Gasteiger partial charge on any atom is -0.434 e. The lowest BCUT2D eigenvalue weighted by atomic mass is 9.98. The summed E-state index contributed by atoms with van der Waals surface area (Å²) in [6, 6.07) is 7.44. The molecule has 0 aromatic heterocycles. The molecule has 3 atom stereocenters. The molecule has 1 saturated carbocycles. The standard InChI is InChI=1S/C16H24F2N2O/c1-11(20(2)14-8-5-6-12(14)10-19)13-7-3-4-9-15(13)21-16(17)18/h3-4,7,9,11-12,14,16H,5-6,8,10,19H2,1-2H3. The molecule has 0 spiro atoms. The number of para-hydroxylation sites is 1. The van der Waals surface area contributed by atoms with Gasteiger partial charge in [-0.3, -0.25) is 4.90 Å². The van der Waals surface area contributed by atoms with Gasteiger partial charge in [0.15, 0.2) is 0 Å². The summed E-state index contributed by atoms with van der Waals surface area (Å²) in [5.41, 5.74) is 6.64. The second-order valence-corrected chi connectivity index (χ2v) is 5.75. The number of halogens is 2. The van der Waals surface area contributed by atoms with Crippen molar-refractivity contribution in [2.75, 3.05) is 13.6 Å². The van der Waals surface area contributed by atoms with Crippen LogP contribution < -0.4 is 10.5 Å². The Bertz CT molecular complexity index is 456. The predicted molar refractivity (Wildman–Crippen MR) is 79.4 cm³/mol. The SMILES string of the molecule is CC(c1ccccc1OC(F)F)N(C)C1CCCC1CN.